The fourth-order valence-electron chi connectivity index (χ4n) is 1.80. The molecule has 0 saturated heterocycles. The Kier molecular flexibility index (Phi) is 3.23. The first-order valence-electron chi connectivity index (χ1n) is 5.63. The number of anilines is 2. The van der Waals surface area contributed by atoms with Crippen LogP contribution in [-0.4, -0.2) is 13.6 Å². The molecule has 0 amide bonds. The van der Waals surface area contributed by atoms with Crippen LogP contribution in [0.3, 0.4) is 0 Å². The third-order valence-electron chi connectivity index (χ3n) is 2.74. The smallest absolute Gasteiger partial charge is 0.267 e. The summed E-state index contributed by atoms with van der Waals surface area (Å²) in [7, 11) is -3.73. The normalized spacial score (nSPS) is 11.5. The highest BCUT2D eigenvalue weighted by Crippen LogP contribution is 2.25. The van der Waals surface area contributed by atoms with E-state index >= 15 is 0 Å². The number of benzene rings is 1. The number of rotatable bonds is 3. The van der Waals surface area contributed by atoms with E-state index in [-0.39, 0.29) is 10.7 Å². The highest BCUT2D eigenvalue weighted by Gasteiger charge is 2.24. The highest BCUT2D eigenvalue weighted by atomic mass is 32.2. The number of nitrogen functional groups attached to an aromatic ring is 1. The van der Waals surface area contributed by atoms with Crippen LogP contribution in [0.25, 0.3) is 0 Å². The molecule has 0 aliphatic carbocycles. The van der Waals surface area contributed by atoms with E-state index in [4.69, 9.17) is 10.3 Å². The van der Waals surface area contributed by atoms with E-state index < -0.39 is 10.0 Å². The summed E-state index contributed by atoms with van der Waals surface area (Å²) in [6, 6.07) is 5.04. The number of aromatic nitrogens is 1. The molecule has 1 aromatic carbocycles. The molecule has 6 nitrogen and oxygen atoms in total. The Bertz CT molecular complexity index is 700. The first-order chi connectivity index (χ1) is 8.81. The first kappa shape index (κ1) is 13.4. The van der Waals surface area contributed by atoms with Crippen LogP contribution in [0, 0.1) is 20.8 Å². The second kappa shape index (κ2) is 4.58. The standard InChI is InChI=1S/C12H15N3O3S/c1-7-4-5-10(13)6-11(7)15-19(16,17)12-8(2)14-18-9(12)3/h4-6,15H,13H2,1-3H3. The SMILES string of the molecule is Cc1ccc(N)cc1NS(=O)(=O)c1c(C)noc1C. The number of hydrogen-bond donors (Lipinski definition) is 2. The van der Waals surface area contributed by atoms with Gasteiger partial charge in [0.2, 0.25) is 0 Å². The van der Waals surface area contributed by atoms with E-state index in [0.29, 0.717) is 17.1 Å². The number of nitrogens with one attached hydrogen (secondary N) is 1. The lowest BCUT2D eigenvalue weighted by atomic mass is 10.2. The molecule has 0 spiro atoms. The Morgan fingerprint density at radius 3 is 2.53 bits per heavy atom. The fraction of sp³-hybridized carbons (Fsp3) is 0.250. The molecular weight excluding hydrogens is 266 g/mol. The van der Waals surface area contributed by atoms with Gasteiger partial charge in [0.1, 0.15) is 5.69 Å². The van der Waals surface area contributed by atoms with Crippen molar-refractivity contribution in [3.63, 3.8) is 0 Å². The molecule has 0 radical (unpaired) electrons. The first-order valence-corrected chi connectivity index (χ1v) is 7.11. The summed E-state index contributed by atoms with van der Waals surface area (Å²) in [5.74, 6) is 0.256. The van der Waals surface area contributed by atoms with Gasteiger partial charge in [0.15, 0.2) is 10.7 Å². The molecule has 0 unspecified atom stereocenters. The van der Waals surface area contributed by atoms with Gasteiger partial charge in [-0.25, -0.2) is 8.42 Å². The maximum absolute atomic E-state index is 12.3. The van der Waals surface area contributed by atoms with Crippen molar-refractivity contribution in [2.75, 3.05) is 10.5 Å². The third kappa shape index (κ3) is 2.55. The summed E-state index contributed by atoms with van der Waals surface area (Å²) in [6.07, 6.45) is 0. The van der Waals surface area contributed by atoms with Crippen molar-refractivity contribution in [3.8, 4) is 0 Å². The summed E-state index contributed by atoms with van der Waals surface area (Å²) in [5, 5.41) is 3.65. The van der Waals surface area contributed by atoms with Crippen LogP contribution in [0.4, 0.5) is 11.4 Å². The van der Waals surface area contributed by atoms with Gasteiger partial charge >= 0.3 is 0 Å². The number of sulfonamides is 1. The monoisotopic (exact) mass is 281 g/mol. The Labute approximate surface area is 111 Å². The molecule has 1 aromatic heterocycles. The molecule has 1 heterocycles. The average Bonchev–Trinajstić information content (AvgIpc) is 2.64. The van der Waals surface area contributed by atoms with Gasteiger partial charge < -0.3 is 10.3 Å². The minimum absolute atomic E-state index is 0.0642. The van der Waals surface area contributed by atoms with Crippen molar-refractivity contribution in [3.05, 3.63) is 35.2 Å². The van der Waals surface area contributed by atoms with Crippen LogP contribution in [-0.2, 0) is 10.0 Å². The van der Waals surface area contributed by atoms with Crippen molar-refractivity contribution in [1.29, 1.82) is 0 Å². The van der Waals surface area contributed by atoms with Crippen molar-refractivity contribution in [1.82, 2.24) is 5.16 Å². The van der Waals surface area contributed by atoms with Gasteiger partial charge in [0.05, 0.1) is 5.69 Å². The Morgan fingerprint density at radius 2 is 1.95 bits per heavy atom. The molecule has 0 saturated carbocycles. The van der Waals surface area contributed by atoms with Gasteiger partial charge in [-0.3, -0.25) is 4.72 Å². The zero-order valence-corrected chi connectivity index (χ0v) is 11.7. The summed E-state index contributed by atoms with van der Waals surface area (Å²) in [4.78, 5) is 0.0642. The second-order valence-electron chi connectivity index (χ2n) is 4.33. The molecule has 7 heteroatoms. The van der Waals surface area contributed by atoms with Crippen molar-refractivity contribution in [2.45, 2.75) is 25.7 Å². The van der Waals surface area contributed by atoms with Crippen LogP contribution in [0.15, 0.2) is 27.6 Å². The number of nitrogens with two attached hydrogens (primary N) is 1. The molecule has 0 aliphatic rings. The molecule has 3 N–H and O–H groups in total. The number of nitrogens with zero attached hydrogens (tertiary/aromatic N) is 1. The molecular formula is C12H15N3O3S. The van der Waals surface area contributed by atoms with E-state index in [2.05, 4.69) is 9.88 Å². The molecule has 19 heavy (non-hydrogen) atoms. The number of hydrogen-bond acceptors (Lipinski definition) is 5. The minimum Gasteiger partial charge on any atom is -0.399 e. The average molecular weight is 281 g/mol. The predicted octanol–water partition coefficient (Wildman–Crippen LogP) is 1.98. The summed E-state index contributed by atoms with van der Waals surface area (Å²) in [6.45, 7) is 4.93. The van der Waals surface area contributed by atoms with Gasteiger partial charge in [-0.2, -0.15) is 0 Å². The molecule has 2 rings (SSSR count). The van der Waals surface area contributed by atoms with E-state index in [9.17, 15) is 8.42 Å². The predicted molar refractivity (Wildman–Crippen MR) is 72.4 cm³/mol. The molecule has 0 aliphatic heterocycles. The fourth-order valence-corrected chi connectivity index (χ4v) is 3.26. The van der Waals surface area contributed by atoms with E-state index in [1.165, 1.54) is 0 Å². The van der Waals surface area contributed by atoms with Crippen LogP contribution < -0.4 is 10.5 Å². The molecule has 0 bridgehead atoms. The van der Waals surface area contributed by atoms with Crippen LogP contribution in [0.2, 0.25) is 0 Å². The van der Waals surface area contributed by atoms with Crippen molar-refractivity contribution >= 4 is 21.4 Å². The van der Waals surface area contributed by atoms with Gasteiger partial charge in [0.25, 0.3) is 10.0 Å². The van der Waals surface area contributed by atoms with E-state index in [1.807, 2.05) is 0 Å². The van der Waals surface area contributed by atoms with Gasteiger partial charge in [-0.1, -0.05) is 11.2 Å². The highest BCUT2D eigenvalue weighted by molar-refractivity contribution is 7.92. The van der Waals surface area contributed by atoms with Gasteiger partial charge in [-0.15, -0.1) is 0 Å². The molecule has 2 aromatic rings. The second-order valence-corrected chi connectivity index (χ2v) is 5.95. The summed E-state index contributed by atoms with van der Waals surface area (Å²) < 4.78 is 32.0. The minimum atomic E-state index is -3.73. The van der Waals surface area contributed by atoms with Gasteiger partial charge in [0, 0.05) is 5.69 Å². The number of aryl methyl sites for hydroxylation is 3. The Balaban J connectivity index is 2.45. The summed E-state index contributed by atoms with van der Waals surface area (Å²) >= 11 is 0. The molecule has 102 valence electrons. The zero-order valence-electron chi connectivity index (χ0n) is 10.9. The quantitative estimate of drug-likeness (QED) is 0.838. The van der Waals surface area contributed by atoms with Crippen LogP contribution in [0.1, 0.15) is 17.0 Å². The molecule has 0 fully saturated rings. The lowest BCUT2D eigenvalue weighted by molar-refractivity contribution is 0.390. The lowest BCUT2D eigenvalue weighted by Crippen LogP contribution is -2.15. The van der Waals surface area contributed by atoms with Crippen molar-refractivity contribution in [2.24, 2.45) is 0 Å². The zero-order chi connectivity index (χ0) is 14.2. The van der Waals surface area contributed by atoms with Crippen LogP contribution >= 0.6 is 0 Å². The third-order valence-corrected chi connectivity index (χ3v) is 4.35. The Morgan fingerprint density at radius 1 is 1.26 bits per heavy atom. The van der Waals surface area contributed by atoms with E-state index in [0.717, 1.165) is 5.56 Å². The van der Waals surface area contributed by atoms with Crippen LogP contribution in [0.5, 0.6) is 0 Å². The lowest BCUT2D eigenvalue weighted by Gasteiger charge is -2.10. The largest absolute Gasteiger partial charge is 0.399 e. The van der Waals surface area contributed by atoms with Crippen molar-refractivity contribution < 1.29 is 12.9 Å². The van der Waals surface area contributed by atoms with Gasteiger partial charge in [-0.05, 0) is 38.5 Å². The maximum Gasteiger partial charge on any atom is 0.267 e. The topological polar surface area (TPSA) is 98.2 Å². The summed E-state index contributed by atoms with van der Waals surface area (Å²) in [5.41, 5.74) is 7.70. The molecule has 0 atom stereocenters. The maximum atomic E-state index is 12.3. The van der Waals surface area contributed by atoms with E-state index in [1.54, 1.807) is 39.0 Å². The Hall–Kier alpha value is -2.02.